The summed E-state index contributed by atoms with van der Waals surface area (Å²) in [7, 11) is 0. The van der Waals surface area contributed by atoms with Gasteiger partial charge < -0.3 is 15.0 Å². The predicted octanol–water partition coefficient (Wildman–Crippen LogP) is 6.60. The Labute approximate surface area is 250 Å². The van der Waals surface area contributed by atoms with Crippen LogP contribution in [0.15, 0.2) is 91.0 Å². The Morgan fingerprint density at radius 2 is 1.45 bits per heavy atom. The van der Waals surface area contributed by atoms with Crippen molar-refractivity contribution >= 4 is 17.6 Å². The van der Waals surface area contributed by atoms with E-state index in [1.807, 2.05) is 78.9 Å². The molecule has 42 heavy (non-hydrogen) atoms. The summed E-state index contributed by atoms with van der Waals surface area (Å²) in [5.41, 5.74) is 2.46. The van der Waals surface area contributed by atoms with Crippen molar-refractivity contribution in [2.75, 3.05) is 13.2 Å². The van der Waals surface area contributed by atoms with Gasteiger partial charge in [0.15, 0.2) is 5.78 Å². The Morgan fingerprint density at radius 3 is 2.00 bits per heavy atom. The van der Waals surface area contributed by atoms with Crippen molar-refractivity contribution in [2.24, 2.45) is 5.92 Å². The van der Waals surface area contributed by atoms with Crippen LogP contribution in [0.2, 0.25) is 0 Å². The van der Waals surface area contributed by atoms with Crippen LogP contribution in [-0.4, -0.2) is 41.7 Å². The predicted molar refractivity (Wildman–Crippen MR) is 166 cm³/mol. The topological polar surface area (TPSA) is 75.7 Å². The van der Waals surface area contributed by atoms with Gasteiger partial charge in [0.1, 0.15) is 12.6 Å². The molecule has 6 heteroatoms. The molecule has 3 aromatic carbocycles. The maximum Gasteiger partial charge on any atom is 0.243 e. The quantitative estimate of drug-likeness (QED) is 0.222. The van der Waals surface area contributed by atoms with E-state index in [2.05, 4.69) is 31.3 Å². The molecule has 1 unspecified atom stereocenters. The standard InChI is InChI=1S/C36H44N2O4/c1-27(2)36(42-26-28(3)39,31-20-11-6-12-21-31)24-14-13-23-33(40)38-25-15-22-32(38)35(41)37-34(29-16-7-4-8-17-29)30-18-9-5-10-19-30/h4-12,16-21,27,32,34H,13-15,22-26H2,1-3H3,(H,37,41)/t32?,36-/m1/s1. The van der Waals surface area contributed by atoms with Gasteiger partial charge >= 0.3 is 0 Å². The molecule has 222 valence electrons. The molecule has 0 aliphatic carbocycles. The minimum absolute atomic E-state index is 0.00810. The van der Waals surface area contributed by atoms with Crippen LogP contribution in [0.25, 0.3) is 0 Å². The summed E-state index contributed by atoms with van der Waals surface area (Å²) in [4.78, 5) is 40.6. The van der Waals surface area contributed by atoms with Crippen LogP contribution in [-0.2, 0) is 24.7 Å². The van der Waals surface area contributed by atoms with Gasteiger partial charge in [0, 0.05) is 13.0 Å². The van der Waals surface area contributed by atoms with Crippen molar-refractivity contribution in [3.63, 3.8) is 0 Å². The van der Waals surface area contributed by atoms with E-state index in [4.69, 9.17) is 4.74 Å². The molecule has 0 spiro atoms. The third-order valence-electron chi connectivity index (χ3n) is 8.35. The highest BCUT2D eigenvalue weighted by Crippen LogP contribution is 2.39. The zero-order valence-corrected chi connectivity index (χ0v) is 25.1. The molecule has 1 aliphatic heterocycles. The fourth-order valence-corrected chi connectivity index (χ4v) is 6.07. The van der Waals surface area contributed by atoms with Crippen LogP contribution < -0.4 is 5.32 Å². The highest BCUT2D eigenvalue weighted by Gasteiger charge is 2.38. The lowest BCUT2D eigenvalue weighted by Crippen LogP contribution is -2.47. The Kier molecular flexibility index (Phi) is 11.1. The molecular formula is C36H44N2O4. The molecule has 2 amide bonds. The summed E-state index contributed by atoms with van der Waals surface area (Å²) in [6, 6.07) is 29.2. The number of hydrogen-bond donors (Lipinski definition) is 1. The molecule has 0 aromatic heterocycles. The van der Waals surface area contributed by atoms with Crippen molar-refractivity contribution in [2.45, 2.75) is 77.0 Å². The van der Waals surface area contributed by atoms with E-state index in [1.54, 1.807) is 11.8 Å². The molecular weight excluding hydrogens is 524 g/mol. The molecule has 2 atom stereocenters. The molecule has 6 nitrogen and oxygen atoms in total. The fourth-order valence-electron chi connectivity index (χ4n) is 6.07. The van der Waals surface area contributed by atoms with Gasteiger partial charge in [-0.25, -0.2) is 0 Å². The molecule has 0 bridgehead atoms. The van der Waals surface area contributed by atoms with Crippen LogP contribution in [0, 0.1) is 5.92 Å². The first-order valence-corrected chi connectivity index (χ1v) is 15.2. The van der Waals surface area contributed by atoms with Gasteiger partial charge in [0.25, 0.3) is 0 Å². The largest absolute Gasteiger partial charge is 0.362 e. The normalized spacial score (nSPS) is 16.4. The number of hydrogen-bond acceptors (Lipinski definition) is 4. The van der Waals surface area contributed by atoms with E-state index in [0.29, 0.717) is 32.2 Å². The molecule has 1 N–H and O–H groups in total. The van der Waals surface area contributed by atoms with Crippen molar-refractivity contribution in [3.8, 4) is 0 Å². The Bertz CT molecular complexity index is 1260. The van der Waals surface area contributed by atoms with Gasteiger partial charge in [0.2, 0.25) is 11.8 Å². The second kappa shape index (κ2) is 14.9. The number of Topliss-reactive ketones (excluding diaryl/α,β-unsaturated/α-hetero) is 1. The van der Waals surface area contributed by atoms with E-state index < -0.39 is 11.6 Å². The Morgan fingerprint density at radius 1 is 0.881 bits per heavy atom. The van der Waals surface area contributed by atoms with E-state index >= 15 is 0 Å². The molecule has 1 saturated heterocycles. The smallest absolute Gasteiger partial charge is 0.243 e. The first kappa shape index (κ1) is 31.2. The number of nitrogens with zero attached hydrogens (tertiary/aromatic N) is 1. The lowest BCUT2D eigenvalue weighted by atomic mass is 9.79. The van der Waals surface area contributed by atoms with Crippen LogP contribution in [0.4, 0.5) is 0 Å². The Hall–Kier alpha value is -3.77. The molecule has 1 aliphatic rings. The number of amides is 2. The highest BCUT2D eigenvalue weighted by molar-refractivity contribution is 5.88. The summed E-state index contributed by atoms with van der Waals surface area (Å²) in [5.74, 6) is 0.0391. The number of ether oxygens (including phenoxy) is 1. The first-order valence-electron chi connectivity index (χ1n) is 15.2. The summed E-state index contributed by atoms with van der Waals surface area (Å²) in [5, 5.41) is 3.24. The summed E-state index contributed by atoms with van der Waals surface area (Å²) < 4.78 is 6.31. The van der Waals surface area contributed by atoms with Crippen molar-refractivity contribution in [1.82, 2.24) is 10.2 Å². The lowest BCUT2D eigenvalue weighted by molar-refractivity contribution is -0.139. The van der Waals surface area contributed by atoms with E-state index in [-0.39, 0.29) is 36.2 Å². The van der Waals surface area contributed by atoms with Gasteiger partial charge in [-0.3, -0.25) is 14.4 Å². The third-order valence-corrected chi connectivity index (χ3v) is 8.35. The molecule has 3 aromatic rings. The van der Waals surface area contributed by atoms with Gasteiger partial charge in [0.05, 0.1) is 11.6 Å². The Balaban J connectivity index is 1.39. The average molecular weight is 569 g/mol. The number of carbonyl (C=O) groups is 3. The third kappa shape index (κ3) is 7.74. The summed E-state index contributed by atoms with van der Waals surface area (Å²) in [6.07, 6.45) is 4.01. The molecule has 1 fully saturated rings. The summed E-state index contributed by atoms with van der Waals surface area (Å²) >= 11 is 0. The number of nitrogens with one attached hydrogen (secondary N) is 1. The van der Waals surface area contributed by atoms with Crippen LogP contribution in [0.3, 0.4) is 0 Å². The monoisotopic (exact) mass is 568 g/mol. The molecule has 4 rings (SSSR count). The van der Waals surface area contributed by atoms with Crippen LogP contribution in [0.5, 0.6) is 0 Å². The maximum atomic E-state index is 13.6. The van der Waals surface area contributed by atoms with Crippen molar-refractivity contribution < 1.29 is 19.1 Å². The average Bonchev–Trinajstić information content (AvgIpc) is 3.51. The lowest BCUT2D eigenvalue weighted by Gasteiger charge is -2.38. The van der Waals surface area contributed by atoms with Gasteiger partial charge in [-0.2, -0.15) is 0 Å². The van der Waals surface area contributed by atoms with Crippen LogP contribution in [0.1, 0.15) is 82.0 Å². The van der Waals surface area contributed by atoms with Gasteiger partial charge in [-0.05, 0) is 61.6 Å². The van der Waals surface area contributed by atoms with E-state index in [0.717, 1.165) is 29.5 Å². The van der Waals surface area contributed by atoms with Gasteiger partial charge in [-0.1, -0.05) is 105 Å². The van der Waals surface area contributed by atoms with Gasteiger partial charge in [-0.15, -0.1) is 0 Å². The maximum absolute atomic E-state index is 13.6. The molecule has 1 heterocycles. The number of ketones is 1. The minimum atomic E-state index is -0.601. The highest BCUT2D eigenvalue weighted by atomic mass is 16.5. The number of benzene rings is 3. The fraction of sp³-hybridized carbons (Fsp3) is 0.417. The second-order valence-electron chi connectivity index (χ2n) is 11.6. The van der Waals surface area contributed by atoms with Crippen molar-refractivity contribution in [3.05, 3.63) is 108 Å². The summed E-state index contributed by atoms with van der Waals surface area (Å²) in [6.45, 7) is 6.43. The second-order valence-corrected chi connectivity index (χ2v) is 11.6. The van der Waals surface area contributed by atoms with Crippen LogP contribution >= 0.6 is 0 Å². The number of likely N-dealkylation sites (tertiary alicyclic amines) is 1. The zero-order valence-electron chi connectivity index (χ0n) is 25.1. The minimum Gasteiger partial charge on any atom is -0.362 e. The number of rotatable bonds is 14. The van der Waals surface area contributed by atoms with E-state index in [1.165, 1.54) is 0 Å². The molecule has 0 radical (unpaired) electrons. The first-order chi connectivity index (χ1) is 20.3. The van der Waals surface area contributed by atoms with E-state index in [9.17, 15) is 14.4 Å². The SMILES string of the molecule is CC(=O)CO[C@@](CCCCC(=O)N1CCCC1C(=O)NC(c1ccccc1)c1ccccc1)(c1ccccc1)C(C)C. The zero-order chi connectivity index (χ0) is 30.0. The molecule has 0 saturated carbocycles. The number of unbranched alkanes of at least 4 members (excludes halogenated alkanes) is 1. The number of carbonyl (C=O) groups excluding carboxylic acids is 3. The van der Waals surface area contributed by atoms with Crippen molar-refractivity contribution in [1.29, 1.82) is 0 Å².